The van der Waals surface area contributed by atoms with Crippen LogP contribution in [0.15, 0.2) is 77.2 Å². The molecule has 0 fully saturated rings. The molecule has 0 saturated carbocycles. The molecule has 2 nitrogen and oxygen atoms in total. The molecule has 3 aromatic carbocycles. The minimum Gasteiger partial charge on any atom is -0.441 e. The van der Waals surface area contributed by atoms with Gasteiger partial charge in [0.15, 0.2) is 0 Å². The summed E-state index contributed by atoms with van der Waals surface area (Å²) in [6, 6.07) is 25.0. The highest BCUT2D eigenvalue weighted by Gasteiger charge is 2.17. The smallest absolute Gasteiger partial charge is 0.226 e. The lowest BCUT2D eigenvalue weighted by atomic mass is 10.00. The van der Waals surface area contributed by atoms with E-state index in [-0.39, 0.29) is 0 Å². The molecule has 26 heavy (non-hydrogen) atoms. The maximum absolute atomic E-state index is 6.24. The number of hydrogen-bond acceptors (Lipinski definition) is 2. The molecule has 0 unspecified atom stereocenters. The van der Waals surface area contributed by atoms with Crippen LogP contribution >= 0.6 is 0 Å². The summed E-state index contributed by atoms with van der Waals surface area (Å²) in [5.41, 5.74) is 3.16. The SMILES string of the molecule is CCCCCc1oc(-c2ccccc2)nc1-c1cccc2ccccc12. The highest BCUT2D eigenvalue weighted by molar-refractivity contribution is 5.96. The number of hydrogen-bond donors (Lipinski definition) is 0. The van der Waals surface area contributed by atoms with Gasteiger partial charge in [-0.1, -0.05) is 80.4 Å². The highest BCUT2D eigenvalue weighted by atomic mass is 16.4. The van der Waals surface area contributed by atoms with Crippen LogP contribution in [0.2, 0.25) is 0 Å². The lowest BCUT2D eigenvalue weighted by molar-refractivity contribution is 0.506. The lowest BCUT2D eigenvalue weighted by Crippen LogP contribution is -1.89. The molecule has 0 saturated heterocycles. The number of benzene rings is 3. The number of nitrogens with zero attached hydrogens (tertiary/aromatic N) is 1. The van der Waals surface area contributed by atoms with Gasteiger partial charge in [-0.2, -0.15) is 0 Å². The van der Waals surface area contributed by atoms with Crippen molar-refractivity contribution < 1.29 is 4.42 Å². The van der Waals surface area contributed by atoms with E-state index in [9.17, 15) is 0 Å². The first-order valence-corrected chi connectivity index (χ1v) is 9.40. The number of aromatic nitrogens is 1. The fourth-order valence-corrected chi connectivity index (χ4v) is 3.40. The van der Waals surface area contributed by atoms with E-state index in [1.54, 1.807) is 0 Å². The first-order valence-electron chi connectivity index (χ1n) is 9.40. The van der Waals surface area contributed by atoms with Gasteiger partial charge in [-0.3, -0.25) is 0 Å². The van der Waals surface area contributed by atoms with Crippen LogP contribution in [0.1, 0.15) is 31.9 Å². The second-order valence-corrected chi connectivity index (χ2v) is 6.64. The Morgan fingerprint density at radius 3 is 2.42 bits per heavy atom. The molecule has 1 aromatic heterocycles. The van der Waals surface area contributed by atoms with E-state index in [1.807, 2.05) is 18.2 Å². The third-order valence-corrected chi connectivity index (χ3v) is 4.77. The molecule has 2 heteroatoms. The average Bonchev–Trinajstić information content (AvgIpc) is 3.12. The fourth-order valence-electron chi connectivity index (χ4n) is 3.40. The van der Waals surface area contributed by atoms with Crippen molar-refractivity contribution in [3.05, 3.63) is 78.6 Å². The molecule has 0 aliphatic heterocycles. The predicted octanol–water partition coefficient (Wildman–Crippen LogP) is 6.89. The van der Waals surface area contributed by atoms with Crippen LogP contribution in [-0.2, 0) is 6.42 Å². The monoisotopic (exact) mass is 341 g/mol. The van der Waals surface area contributed by atoms with Crippen LogP contribution in [-0.4, -0.2) is 4.98 Å². The molecule has 4 aromatic rings. The average molecular weight is 341 g/mol. The zero-order chi connectivity index (χ0) is 17.8. The summed E-state index contributed by atoms with van der Waals surface area (Å²) in [6.45, 7) is 2.22. The second-order valence-electron chi connectivity index (χ2n) is 6.64. The third kappa shape index (κ3) is 3.28. The van der Waals surface area contributed by atoms with Gasteiger partial charge in [0.25, 0.3) is 0 Å². The van der Waals surface area contributed by atoms with E-state index >= 15 is 0 Å². The molecule has 0 aliphatic rings. The highest BCUT2D eigenvalue weighted by Crippen LogP contribution is 2.34. The van der Waals surface area contributed by atoms with E-state index < -0.39 is 0 Å². The Balaban J connectivity index is 1.84. The summed E-state index contributed by atoms with van der Waals surface area (Å²) >= 11 is 0. The zero-order valence-electron chi connectivity index (χ0n) is 15.1. The summed E-state index contributed by atoms with van der Waals surface area (Å²) in [6.07, 6.45) is 4.45. The molecule has 4 rings (SSSR count). The Kier molecular flexibility index (Phi) is 4.83. The minimum atomic E-state index is 0.708. The molecular weight excluding hydrogens is 318 g/mol. The van der Waals surface area contributed by atoms with E-state index in [0.29, 0.717) is 5.89 Å². The standard InChI is InChI=1S/C24H23NO/c1-2-3-5-17-22-23(25-24(26-22)19-12-6-4-7-13-19)21-16-10-14-18-11-8-9-15-20(18)21/h4,6-16H,2-3,5,17H2,1H3. The van der Waals surface area contributed by atoms with Gasteiger partial charge in [0, 0.05) is 17.5 Å². The maximum Gasteiger partial charge on any atom is 0.226 e. The van der Waals surface area contributed by atoms with E-state index in [4.69, 9.17) is 9.40 Å². The molecule has 0 radical (unpaired) electrons. The van der Waals surface area contributed by atoms with Crippen molar-refractivity contribution in [1.82, 2.24) is 4.98 Å². The molecule has 0 aliphatic carbocycles. The molecular formula is C24H23NO. The van der Waals surface area contributed by atoms with E-state index in [1.165, 1.54) is 23.6 Å². The van der Waals surface area contributed by atoms with Gasteiger partial charge in [0.2, 0.25) is 5.89 Å². The first kappa shape index (κ1) is 16.6. The second kappa shape index (κ2) is 7.57. The normalized spacial score (nSPS) is 11.1. The Bertz CT molecular complexity index is 996. The zero-order valence-corrected chi connectivity index (χ0v) is 15.1. The molecule has 0 amide bonds. The molecule has 0 atom stereocenters. The number of aryl methyl sites for hydroxylation is 1. The lowest BCUT2D eigenvalue weighted by Gasteiger charge is -2.05. The minimum absolute atomic E-state index is 0.708. The number of fused-ring (bicyclic) bond motifs is 1. The van der Waals surface area contributed by atoms with Crippen LogP contribution in [0.3, 0.4) is 0 Å². The Labute approximate surface area is 154 Å². The molecule has 0 spiro atoms. The topological polar surface area (TPSA) is 26.0 Å². The van der Waals surface area contributed by atoms with Crippen molar-refractivity contribution in [2.45, 2.75) is 32.6 Å². The molecule has 0 bridgehead atoms. The molecule has 130 valence electrons. The van der Waals surface area contributed by atoms with Gasteiger partial charge >= 0.3 is 0 Å². The van der Waals surface area contributed by atoms with Crippen LogP contribution in [0.4, 0.5) is 0 Å². The van der Waals surface area contributed by atoms with E-state index in [0.717, 1.165) is 35.4 Å². The Morgan fingerprint density at radius 2 is 1.58 bits per heavy atom. The van der Waals surface area contributed by atoms with Crippen LogP contribution in [0.25, 0.3) is 33.5 Å². The number of rotatable bonds is 6. The van der Waals surface area contributed by atoms with Gasteiger partial charge in [-0.15, -0.1) is 0 Å². The third-order valence-electron chi connectivity index (χ3n) is 4.77. The van der Waals surface area contributed by atoms with Crippen molar-refractivity contribution in [2.75, 3.05) is 0 Å². The van der Waals surface area contributed by atoms with Crippen molar-refractivity contribution in [2.24, 2.45) is 0 Å². The molecule has 1 heterocycles. The van der Waals surface area contributed by atoms with Crippen LogP contribution < -0.4 is 0 Å². The summed E-state index contributed by atoms with van der Waals surface area (Å²) in [5, 5.41) is 2.45. The summed E-state index contributed by atoms with van der Waals surface area (Å²) in [7, 11) is 0. The quantitative estimate of drug-likeness (QED) is 0.357. The van der Waals surface area contributed by atoms with Gasteiger partial charge in [-0.05, 0) is 29.3 Å². The number of oxazole rings is 1. The maximum atomic E-state index is 6.24. The van der Waals surface area contributed by atoms with Crippen molar-refractivity contribution in [3.63, 3.8) is 0 Å². The Morgan fingerprint density at radius 1 is 0.808 bits per heavy atom. The summed E-state index contributed by atoms with van der Waals surface area (Å²) in [5.74, 6) is 1.70. The summed E-state index contributed by atoms with van der Waals surface area (Å²) in [4.78, 5) is 4.91. The van der Waals surface area contributed by atoms with Gasteiger partial charge < -0.3 is 4.42 Å². The van der Waals surface area contributed by atoms with Gasteiger partial charge in [0.05, 0.1) is 0 Å². The molecule has 0 N–H and O–H groups in total. The van der Waals surface area contributed by atoms with Crippen molar-refractivity contribution in [1.29, 1.82) is 0 Å². The van der Waals surface area contributed by atoms with Crippen LogP contribution in [0, 0.1) is 0 Å². The van der Waals surface area contributed by atoms with Gasteiger partial charge in [-0.25, -0.2) is 4.98 Å². The van der Waals surface area contributed by atoms with Gasteiger partial charge in [0.1, 0.15) is 11.5 Å². The largest absolute Gasteiger partial charge is 0.441 e. The van der Waals surface area contributed by atoms with Crippen molar-refractivity contribution >= 4 is 10.8 Å². The summed E-state index contributed by atoms with van der Waals surface area (Å²) < 4.78 is 6.24. The van der Waals surface area contributed by atoms with Crippen molar-refractivity contribution in [3.8, 4) is 22.7 Å². The predicted molar refractivity (Wildman–Crippen MR) is 108 cm³/mol. The van der Waals surface area contributed by atoms with E-state index in [2.05, 4.69) is 61.5 Å². The Hall–Kier alpha value is -2.87. The number of unbranched alkanes of at least 4 members (excludes halogenated alkanes) is 2. The fraction of sp³-hybridized carbons (Fsp3) is 0.208. The first-order chi connectivity index (χ1) is 12.9. The van der Waals surface area contributed by atoms with Crippen LogP contribution in [0.5, 0.6) is 0 Å².